The van der Waals surface area contributed by atoms with Gasteiger partial charge < -0.3 is 9.64 Å². The summed E-state index contributed by atoms with van der Waals surface area (Å²) in [6.07, 6.45) is 0.527. The summed E-state index contributed by atoms with van der Waals surface area (Å²) in [6, 6.07) is 5.85. The van der Waals surface area contributed by atoms with Gasteiger partial charge in [0.2, 0.25) is 0 Å². The quantitative estimate of drug-likeness (QED) is 0.854. The monoisotopic (exact) mass is 303 g/mol. The van der Waals surface area contributed by atoms with Gasteiger partial charge in [-0.25, -0.2) is 9.18 Å². The Morgan fingerprint density at radius 2 is 2.14 bits per heavy atom. The third-order valence-electron chi connectivity index (χ3n) is 3.70. The van der Waals surface area contributed by atoms with E-state index < -0.39 is 17.7 Å². The lowest BCUT2D eigenvalue weighted by molar-refractivity contribution is 0.0586. The second-order valence-electron chi connectivity index (χ2n) is 4.98. The number of methoxy groups -OCH3 is 1. The minimum absolute atomic E-state index is 0.0223. The van der Waals surface area contributed by atoms with Crippen molar-refractivity contribution in [2.75, 3.05) is 13.7 Å². The molecule has 1 aliphatic heterocycles. The molecule has 0 atom stereocenters. The normalized spacial score (nSPS) is 13.6. The number of ether oxygens (including phenoxy) is 1. The number of aromatic amines is 1. The molecule has 0 bridgehead atoms. The highest BCUT2D eigenvalue weighted by atomic mass is 19.1. The number of amides is 1. The van der Waals surface area contributed by atoms with Crippen LogP contribution in [0.3, 0.4) is 0 Å². The van der Waals surface area contributed by atoms with E-state index in [9.17, 15) is 14.0 Å². The molecule has 0 radical (unpaired) electrons. The Morgan fingerprint density at radius 3 is 2.86 bits per heavy atom. The highest BCUT2D eigenvalue weighted by Crippen LogP contribution is 2.23. The van der Waals surface area contributed by atoms with E-state index in [-0.39, 0.29) is 17.8 Å². The number of hydrogen-bond donors (Lipinski definition) is 1. The molecule has 1 aromatic heterocycles. The summed E-state index contributed by atoms with van der Waals surface area (Å²) in [5.74, 6) is -1.52. The molecule has 7 heteroatoms. The molecule has 1 amide bonds. The number of H-pyrrole nitrogens is 1. The first-order chi connectivity index (χ1) is 10.6. The average molecular weight is 303 g/mol. The third kappa shape index (κ3) is 2.34. The van der Waals surface area contributed by atoms with Crippen LogP contribution in [-0.2, 0) is 17.7 Å². The Morgan fingerprint density at radius 1 is 1.36 bits per heavy atom. The predicted molar refractivity (Wildman–Crippen MR) is 74.8 cm³/mol. The first-order valence-corrected chi connectivity index (χ1v) is 6.80. The lowest BCUT2D eigenvalue weighted by atomic mass is 10.0. The Labute approximate surface area is 125 Å². The van der Waals surface area contributed by atoms with Crippen LogP contribution in [0.25, 0.3) is 0 Å². The lowest BCUT2D eigenvalue weighted by Crippen LogP contribution is -2.36. The maximum atomic E-state index is 13.8. The molecule has 3 rings (SSSR count). The Hall–Kier alpha value is -2.70. The number of nitrogens with one attached hydrogen (secondary N) is 1. The third-order valence-corrected chi connectivity index (χ3v) is 3.70. The first kappa shape index (κ1) is 14.2. The number of nitrogens with zero attached hydrogens (tertiary/aromatic N) is 2. The number of fused-ring (bicyclic) bond motifs is 1. The number of esters is 1. The lowest BCUT2D eigenvalue weighted by Gasteiger charge is -2.27. The highest BCUT2D eigenvalue weighted by Gasteiger charge is 2.29. The van der Waals surface area contributed by atoms with E-state index in [2.05, 4.69) is 14.9 Å². The van der Waals surface area contributed by atoms with Crippen molar-refractivity contribution >= 4 is 11.9 Å². The second-order valence-corrected chi connectivity index (χ2v) is 4.98. The fraction of sp³-hybridized carbons (Fsp3) is 0.267. The number of carbonyl (C=O) groups is 2. The molecule has 0 aliphatic carbocycles. The van der Waals surface area contributed by atoms with E-state index in [1.807, 2.05) is 0 Å². The van der Waals surface area contributed by atoms with E-state index in [0.29, 0.717) is 18.5 Å². The summed E-state index contributed by atoms with van der Waals surface area (Å²) >= 11 is 0. The molecule has 0 saturated heterocycles. The van der Waals surface area contributed by atoms with Crippen LogP contribution in [0.4, 0.5) is 4.39 Å². The number of halogens is 1. The Kier molecular flexibility index (Phi) is 3.62. The Balaban J connectivity index is 1.88. The van der Waals surface area contributed by atoms with Gasteiger partial charge in [0.1, 0.15) is 5.82 Å². The molecule has 6 nitrogen and oxygen atoms in total. The van der Waals surface area contributed by atoms with Crippen molar-refractivity contribution in [2.45, 2.75) is 13.0 Å². The standard InChI is InChI=1S/C15H14FN3O3/c1-22-15(21)13-10-8-19(7-6-12(10)17-18-13)14(20)9-4-2-3-5-11(9)16/h2-5H,6-8H2,1H3,(H,17,18). The maximum Gasteiger partial charge on any atom is 0.358 e. The second kappa shape index (κ2) is 5.59. The van der Waals surface area contributed by atoms with Crippen molar-refractivity contribution in [1.82, 2.24) is 15.1 Å². The van der Waals surface area contributed by atoms with Crippen LogP contribution < -0.4 is 0 Å². The van der Waals surface area contributed by atoms with Crippen molar-refractivity contribution in [3.63, 3.8) is 0 Å². The van der Waals surface area contributed by atoms with Gasteiger partial charge in [0.25, 0.3) is 5.91 Å². The van der Waals surface area contributed by atoms with Gasteiger partial charge in [-0.1, -0.05) is 12.1 Å². The number of rotatable bonds is 2. The predicted octanol–water partition coefficient (Wildman–Crippen LogP) is 1.53. The number of carbonyl (C=O) groups excluding carboxylic acids is 2. The summed E-state index contributed by atoms with van der Waals surface area (Å²) in [6.45, 7) is 0.631. The van der Waals surface area contributed by atoms with Crippen LogP contribution in [0.2, 0.25) is 0 Å². The Bertz CT molecular complexity index is 741. The SMILES string of the molecule is COC(=O)c1n[nH]c2c1CN(C(=O)c1ccccc1F)CC2. The maximum absolute atomic E-state index is 13.8. The van der Waals surface area contributed by atoms with Gasteiger partial charge >= 0.3 is 5.97 Å². The van der Waals surface area contributed by atoms with Gasteiger partial charge in [-0.3, -0.25) is 9.89 Å². The number of benzene rings is 1. The summed E-state index contributed by atoms with van der Waals surface area (Å²) < 4.78 is 18.4. The topological polar surface area (TPSA) is 75.3 Å². The molecular weight excluding hydrogens is 289 g/mol. The smallest absolute Gasteiger partial charge is 0.358 e. The van der Waals surface area contributed by atoms with Crippen LogP contribution in [-0.4, -0.2) is 40.6 Å². The van der Waals surface area contributed by atoms with Gasteiger partial charge in [-0.05, 0) is 12.1 Å². The molecule has 1 N–H and O–H groups in total. The number of hydrogen-bond acceptors (Lipinski definition) is 4. The average Bonchev–Trinajstić information content (AvgIpc) is 2.97. The molecular formula is C15H14FN3O3. The van der Waals surface area contributed by atoms with Gasteiger partial charge in [-0.15, -0.1) is 0 Å². The van der Waals surface area contributed by atoms with Crippen LogP contribution in [0.15, 0.2) is 24.3 Å². The molecule has 1 aliphatic rings. The van der Waals surface area contributed by atoms with Crippen LogP contribution in [0, 0.1) is 5.82 Å². The molecule has 0 saturated carbocycles. The fourth-order valence-corrected chi connectivity index (χ4v) is 2.54. The molecule has 2 heterocycles. The van der Waals surface area contributed by atoms with Crippen molar-refractivity contribution in [3.05, 3.63) is 52.6 Å². The van der Waals surface area contributed by atoms with Gasteiger partial charge in [-0.2, -0.15) is 5.10 Å². The van der Waals surface area contributed by atoms with Crippen LogP contribution >= 0.6 is 0 Å². The van der Waals surface area contributed by atoms with Crippen LogP contribution in [0.1, 0.15) is 32.1 Å². The van der Waals surface area contributed by atoms with Crippen molar-refractivity contribution in [2.24, 2.45) is 0 Å². The molecule has 1 aromatic carbocycles. The van der Waals surface area contributed by atoms with Crippen LogP contribution in [0.5, 0.6) is 0 Å². The van der Waals surface area contributed by atoms with E-state index in [1.54, 1.807) is 6.07 Å². The van der Waals surface area contributed by atoms with E-state index in [0.717, 1.165) is 5.69 Å². The van der Waals surface area contributed by atoms with E-state index >= 15 is 0 Å². The summed E-state index contributed by atoms with van der Waals surface area (Å²) in [5.41, 5.74) is 1.62. The minimum atomic E-state index is -0.558. The molecule has 0 unspecified atom stereocenters. The van der Waals surface area contributed by atoms with Crippen molar-refractivity contribution in [3.8, 4) is 0 Å². The van der Waals surface area contributed by atoms with E-state index in [1.165, 1.54) is 30.2 Å². The van der Waals surface area contributed by atoms with E-state index in [4.69, 9.17) is 0 Å². The summed E-state index contributed by atoms with van der Waals surface area (Å²) in [5, 5.41) is 6.73. The zero-order valence-corrected chi connectivity index (χ0v) is 11.9. The summed E-state index contributed by atoms with van der Waals surface area (Å²) in [7, 11) is 1.27. The van der Waals surface area contributed by atoms with Crippen molar-refractivity contribution in [1.29, 1.82) is 0 Å². The fourth-order valence-electron chi connectivity index (χ4n) is 2.54. The molecule has 114 valence electrons. The molecule has 0 fully saturated rings. The molecule has 22 heavy (non-hydrogen) atoms. The minimum Gasteiger partial charge on any atom is -0.464 e. The first-order valence-electron chi connectivity index (χ1n) is 6.80. The highest BCUT2D eigenvalue weighted by molar-refractivity contribution is 5.95. The van der Waals surface area contributed by atoms with Gasteiger partial charge in [0.05, 0.1) is 19.2 Å². The van der Waals surface area contributed by atoms with Gasteiger partial charge in [0, 0.05) is 24.2 Å². The zero-order chi connectivity index (χ0) is 15.7. The summed E-state index contributed by atoms with van der Waals surface area (Å²) in [4.78, 5) is 25.6. The number of aromatic nitrogens is 2. The zero-order valence-electron chi connectivity index (χ0n) is 11.9. The van der Waals surface area contributed by atoms with Gasteiger partial charge in [0.15, 0.2) is 5.69 Å². The van der Waals surface area contributed by atoms with Crippen molar-refractivity contribution < 1.29 is 18.7 Å². The molecule has 0 spiro atoms. The molecule has 2 aromatic rings. The largest absolute Gasteiger partial charge is 0.464 e.